The first-order valence-electron chi connectivity index (χ1n) is 7.70. The molecule has 0 radical (unpaired) electrons. The van der Waals surface area contributed by atoms with Gasteiger partial charge in [0.2, 0.25) is 0 Å². The standard InChI is InChI=1S/C15H26N4O/c1-4-7-13-18-14(16-5-2)11(3)15(19-13)17-12-8-6-9-20-10-12/h12H,4-10H2,1-3H3,(H2,16,17,18,19). The monoisotopic (exact) mass is 278 g/mol. The highest BCUT2D eigenvalue weighted by molar-refractivity contribution is 5.57. The summed E-state index contributed by atoms with van der Waals surface area (Å²) in [4.78, 5) is 9.29. The number of hydrogen-bond donors (Lipinski definition) is 2. The highest BCUT2D eigenvalue weighted by Gasteiger charge is 2.17. The van der Waals surface area contributed by atoms with Gasteiger partial charge in [-0.1, -0.05) is 6.92 Å². The third-order valence-corrected chi connectivity index (χ3v) is 3.51. The highest BCUT2D eigenvalue weighted by Crippen LogP contribution is 2.22. The van der Waals surface area contributed by atoms with Crippen molar-refractivity contribution in [1.29, 1.82) is 0 Å². The van der Waals surface area contributed by atoms with E-state index in [2.05, 4.69) is 41.4 Å². The summed E-state index contributed by atoms with van der Waals surface area (Å²) in [6.45, 7) is 8.82. The van der Waals surface area contributed by atoms with Crippen LogP contribution in [0.1, 0.15) is 44.5 Å². The van der Waals surface area contributed by atoms with Gasteiger partial charge >= 0.3 is 0 Å². The Morgan fingerprint density at radius 1 is 1.25 bits per heavy atom. The molecule has 1 aliphatic rings. The summed E-state index contributed by atoms with van der Waals surface area (Å²) >= 11 is 0. The van der Waals surface area contributed by atoms with Gasteiger partial charge in [-0.25, -0.2) is 9.97 Å². The van der Waals surface area contributed by atoms with Gasteiger partial charge in [-0.3, -0.25) is 0 Å². The molecule has 0 aliphatic carbocycles. The van der Waals surface area contributed by atoms with Crippen molar-refractivity contribution < 1.29 is 4.74 Å². The van der Waals surface area contributed by atoms with Crippen molar-refractivity contribution in [2.75, 3.05) is 30.4 Å². The Bertz CT molecular complexity index is 430. The van der Waals surface area contributed by atoms with Crippen LogP contribution in [0.15, 0.2) is 0 Å². The van der Waals surface area contributed by atoms with Crippen molar-refractivity contribution in [2.24, 2.45) is 0 Å². The molecular formula is C15H26N4O. The van der Waals surface area contributed by atoms with Gasteiger partial charge in [0.05, 0.1) is 12.6 Å². The summed E-state index contributed by atoms with van der Waals surface area (Å²) in [6.07, 6.45) is 4.22. The van der Waals surface area contributed by atoms with Gasteiger partial charge in [0, 0.05) is 25.1 Å². The lowest BCUT2D eigenvalue weighted by Gasteiger charge is -2.25. The van der Waals surface area contributed by atoms with E-state index in [9.17, 15) is 0 Å². The van der Waals surface area contributed by atoms with E-state index in [1.165, 1.54) is 0 Å². The molecule has 1 saturated heterocycles. The topological polar surface area (TPSA) is 59.1 Å². The van der Waals surface area contributed by atoms with Crippen molar-refractivity contribution in [3.63, 3.8) is 0 Å². The molecule has 1 aromatic rings. The van der Waals surface area contributed by atoms with Gasteiger partial charge in [-0.2, -0.15) is 0 Å². The van der Waals surface area contributed by atoms with E-state index >= 15 is 0 Å². The average Bonchev–Trinajstić information content (AvgIpc) is 2.45. The first kappa shape index (κ1) is 15.0. The molecular weight excluding hydrogens is 252 g/mol. The molecule has 1 atom stereocenters. The second-order valence-electron chi connectivity index (χ2n) is 5.30. The highest BCUT2D eigenvalue weighted by atomic mass is 16.5. The minimum Gasteiger partial charge on any atom is -0.379 e. The summed E-state index contributed by atoms with van der Waals surface area (Å²) < 4.78 is 5.53. The molecule has 1 unspecified atom stereocenters. The summed E-state index contributed by atoms with van der Waals surface area (Å²) in [5.41, 5.74) is 1.09. The van der Waals surface area contributed by atoms with Crippen LogP contribution in [0.4, 0.5) is 11.6 Å². The van der Waals surface area contributed by atoms with Gasteiger partial charge in [-0.15, -0.1) is 0 Å². The zero-order valence-electron chi connectivity index (χ0n) is 12.8. The number of rotatable bonds is 6. The summed E-state index contributed by atoms with van der Waals surface area (Å²) in [6, 6.07) is 0.362. The zero-order chi connectivity index (χ0) is 14.4. The zero-order valence-corrected chi connectivity index (χ0v) is 12.8. The summed E-state index contributed by atoms with van der Waals surface area (Å²) in [5.74, 6) is 2.81. The average molecular weight is 278 g/mol. The van der Waals surface area contributed by atoms with Gasteiger partial charge in [0.25, 0.3) is 0 Å². The van der Waals surface area contributed by atoms with Gasteiger partial charge in [0.15, 0.2) is 0 Å². The Morgan fingerprint density at radius 3 is 2.70 bits per heavy atom. The van der Waals surface area contributed by atoms with Gasteiger partial charge < -0.3 is 15.4 Å². The Morgan fingerprint density at radius 2 is 2.05 bits per heavy atom. The molecule has 1 aliphatic heterocycles. The lowest BCUT2D eigenvalue weighted by molar-refractivity contribution is 0.0875. The van der Waals surface area contributed by atoms with Gasteiger partial charge in [-0.05, 0) is 33.1 Å². The van der Waals surface area contributed by atoms with Crippen molar-refractivity contribution in [3.8, 4) is 0 Å². The Labute approximate surface area is 121 Å². The van der Waals surface area contributed by atoms with E-state index in [0.29, 0.717) is 6.04 Å². The maximum atomic E-state index is 5.53. The lowest BCUT2D eigenvalue weighted by Crippen LogP contribution is -2.31. The minimum absolute atomic E-state index is 0.362. The Hall–Kier alpha value is -1.36. The van der Waals surface area contributed by atoms with Crippen molar-refractivity contribution >= 4 is 11.6 Å². The van der Waals surface area contributed by atoms with E-state index in [-0.39, 0.29) is 0 Å². The van der Waals surface area contributed by atoms with Crippen LogP contribution in [-0.2, 0) is 11.2 Å². The third-order valence-electron chi connectivity index (χ3n) is 3.51. The molecule has 20 heavy (non-hydrogen) atoms. The third kappa shape index (κ3) is 3.82. The molecule has 5 heteroatoms. The maximum absolute atomic E-state index is 5.53. The number of aromatic nitrogens is 2. The van der Waals surface area contributed by atoms with E-state index in [4.69, 9.17) is 4.74 Å². The molecule has 2 N–H and O–H groups in total. The van der Waals surface area contributed by atoms with Crippen LogP contribution in [0.3, 0.4) is 0 Å². The fourth-order valence-corrected chi connectivity index (χ4v) is 2.43. The number of anilines is 2. The van der Waals surface area contributed by atoms with Gasteiger partial charge in [0.1, 0.15) is 17.5 Å². The smallest absolute Gasteiger partial charge is 0.135 e. The SMILES string of the molecule is CCCc1nc(NCC)c(C)c(NC2CCCOC2)n1. The van der Waals surface area contributed by atoms with E-state index in [0.717, 1.165) is 68.5 Å². The van der Waals surface area contributed by atoms with Crippen molar-refractivity contribution in [1.82, 2.24) is 9.97 Å². The number of nitrogens with one attached hydrogen (secondary N) is 2. The fraction of sp³-hybridized carbons (Fsp3) is 0.733. The number of nitrogens with zero attached hydrogens (tertiary/aromatic N) is 2. The molecule has 112 valence electrons. The largest absolute Gasteiger partial charge is 0.379 e. The molecule has 0 saturated carbocycles. The lowest BCUT2D eigenvalue weighted by atomic mass is 10.1. The Kier molecular flexibility index (Phi) is 5.59. The molecule has 0 amide bonds. The number of hydrogen-bond acceptors (Lipinski definition) is 5. The predicted molar refractivity (Wildman–Crippen MR) is 82.4 cm³/mol. The van der Waals surface area contributed by atoms with Crippen LogP contribution in [0, 0.1) is 6.92 Å². The maximum Gasteiger partial charge on any atom is 0.135 e. The molecule has 1 fully saturated rings. The van der Waals surface area contributed by atoms with Crippen LogP contribution in [0.5, 0.6) is 0 Å². The van der Waals surface area contributed by atoms with Crippen LogP contribution in [0.25, 0.3) is 0 Å². The molecule has 2 rings (SSSR count). The molecule has 1 aromatic heterocycles. The van der Waals surface area contributed by atoms with Crippen LogP contribution >= 0.6 is 0 Å². The molecule has 0 bridgehead atoms. The second-order valence-corrected chi connectivity index (χ2v) is 5.30. The number of ether oxygens (including phenoxy) is 1. The van der Waals surface area contributed by atoms with Crippen molar-refractivity contribution in [3.05, 3.63) is 11.4 Å². The Balaban J connectivity index is 2.19. The molecule has 2 heterocycles. The van der Waals surface area contributed by atoms with Crippen LogP contribution in [0.2, 0.25) is 0 Å². The molecule has 0 spiro atoms. The first-order valence-corrected chi connectivity index (χ1v) is 7.70. The minimum atomic E-state index is 0.362. The van der Waals surface area contributed by atoms with E-state index in [1.54, 1.807) is 0 Å². The van der Waals surface area contributed by atoms with E-state index in [1.807, 2.05) is 0 Å². The predicted octanol–water partition coefficient (Wildman–Crippen LogP) is 2.76. The second kappa shape index (κ2) is 7.43. The summed E-state index contributed by atoms with van der Waals surface area (Å²) in [7, 11) is 0. The first-order chi connectivity index (χ1) is 9.74. The van der Waals surface area contributed by atoms with E-state index < -0.39 is 0 Å². The van der Waals surface area contributed by atoms with Crippen LogP contribution < -0.4 is 10.6 Å². The van der Waals surface area contributed by atoms with Crippen molar-refractivity contribution in [2.45, 2.75) is 52.5 Å². The normalized spacial score (nSPS) is 18.9. The molecule has 0 aromatic carbocycles. The number of aryl methyl sites for hydroxylation is 1. The fourth-order valence-electron chi connectivity index (χ4n) is 2.43. The summed E-state index contributed by atoms with van der Waals surface area (Å²) in [5, 5.41) is 6.86. The quantitative estimate of drug-likeness (QED) is 0.838. The molecule has 5 nitrogen and oxygen atoms in total. The van der Waals surface area contributed by atoms with Crippen LogP contribution in [-0.4, -0.2) is 35.8 Å².